The average Bonchev–Trinajstić information content (AvgIpc) is 2.33. The van der Waals surface area contributed by atoms with Gasteiger partial charge in [0.05, 0.1) is 0 Å². The Kier molecular flexibility index (Phi) is 7.74. The van der Waals surface area contributed by atoms with Crippen molar-refractivity contribution in [2.45, 2.75) is 46.0 Å². The zero-order chi connectivity index (χ0) is 12.3. The lowest BCUT2D eigenvalue weighted by Gasteiger charge is -2.06. The van der Waals surface area contributed by atoms with Crippen molar-refractivity contribution in [3.05, 3.63) is 35.9 Å². The van der Waals surface area contributed by atoms with E-state index in [0.29, 0.717) is 0 Å². The molecule has 0 saturated heterocycles. The van der Waals surface area contributed by atoms with Crippen LogP contribution in [0, 0.1) is 5.92 Å². The van der Waals surface area contributed by atoms with Gasteiger partial charge >= 0.3 is 0 Å². The van der Waals surface area contributed by atoms with Crippen LogP contribution in [0.15, 0.2) is 30.3 Å². The molecule has 0 aliphatic carbocycles. The Labute approximate surface area is 107 Å². The molecule has 0 heterocycles. The van der Waals surface area contributed by atoms with Gasteiger partial charge in [0.15, 0.2) is 0 Å². The van der Waals surface area contributed by atoms with Gasteiger partial charge in [-0.15, -0.1) is 0 Å². The first-order chi connectivity index (χ1) is 8.29. The Bertz CT molecular complexity index is 266. The van der Waals surface area contributed by atoms with Crippen LogP contribution < -0.4 is 5.32 Å². The Morgan fingerprint density at radius 3 is 2.35 bits per heavy atom. The molecule has 1 heteroatoms. The molecule has 1 N–H and O–H groups in total. The van der Waals surface area contributed by atoms with Crippen molar-refractivity contribution in [3.63, 3.8) is 0 Å². The lowest BCUT2D eigenvalue weighted by atomic mass is 10.1. The maximum atomic E-state index is 3.53. The van der Waals surface area contributed by atoms with Gasteiger partial charge in [0.25, 0.3) is 0 Å². The second-order valence-electron chi connectivity index (χ2n) is 5.23. The third-order valence-corrected chi connectivity index (χ3v) is 3.05. The summed E-state index contributed by atoms with van der Waals surface area (Å²) < 4.78 is 0. The molecule has 1 aromatic carbocycles. The highest BCUT2D eigenvalue weighted by molar-refractivity contribution is 5.14. The molecule has 0 saturated carbocycles. The third kappa shape index (κ3) is 7.98. The van der Waals surface area contributed by atoms with Gasteiger partial charge in [0.2, 0.25) is 0 Å². The average molecular weight is 233 g/mol. The molecule has 1 nitrogen and oxygen atoms in total. The van der Waals surface area contributed by atoms with E-state index >= 15 is 0 Å². The molecule has 0 aliphatic rings. The van der Waals surface area contributed by atoms with Crippen LogP contribution in [0.2, 0.25) is 0 Å². The topological polar surface area (TPSA) is 12.0 Å². The summed E-state index contributed by atoms with van der Waals surface area (Å²) in [5.74, 6) is 0.842. The first-order valence-electron chi connectivity index (χ1n) is 7.03. The van der Waals surface area contributed by atoms with Gasteiger partial charge in [-0.2, -0.15) is 0 Å². The van der Waals surface area contributed by atoms with Crippen LogP contribution in [0.5, 0.6) is 0 Å². The van der Waals surface area contributed by atoms with Crippen molar-refractivity contribution in [2.75, 3.05) is 13.1 Å². The molecule has 17 heavy (non-hydrogen) atoms. The molecular formula is C16H27N. The van der Waals surface area contributed by atoms with Gasteiger partial charge in [0, 0.05) is 0 Å². The van der Waals surface area contributed by atoms with E-state index in [1.54, 1.807) is 0 Å². The van der Waals surface area contributed by atoms with Crippen LogP contribution in [0.25, 0.3) is 0 Å². The molecule has 0 amide bonds. The quantitative estimate of drug-likeness (QED) is 0.635. The molecule has 0 radical (unpaired) electrons. The lowest BCUT2D eigenvalue weighted by molar-refractivity contribution is 0.521. The van der Waals surface area contributed by atoms with Crippen molar-refractivity contribution in [1.29, 1.82) is 0 Å². The second kappa shape index (κ2) is 9.23. The molecular weight excluding hydrogens is 206 g/mol. The fourth-order valence-electron chi connectivity index (χ4n) is 1.98. The molecule has 0 spiro atoms. The fraction of sp³-hybridized carbons (Fsp3) is 0.625. The minimum absolute atomic E-state index is 0.842. The molecule has 0 aromatic heterocycles. The predicted octanol–water partition coefficient (Wildman–Crippen LogP) is 4.04. The fourth-order valence-corrected chi connectivity index (χ4v) is 1.98. The van der Waals surface area contributed by atoms with Crippen LogP contribution in [0.4, 0.5) is 0 Å². The Balaban J connectivity index is 1.88. The van der Waals surface area contributed by atoms with Gasteiger partial charge in [-0.25, -0.2) is 0 Å². The summed E-state index contributed by atoms with van der Waals surface area (Å²) in [7, 11) is 0. The first-order valence-corrected chi connectivity index (χ1v) is 7.03. The van der Waals surface area contributed by atoms with Gasteiger partial charge in [-0.3, -0.25) is 0 Å². The van der Waals surface area contributed by atoms with E-state index in [9.17, 15) is 0 Å². The van der Waals surface area contributed by atoms with Gasteiger partial charge in [-0.1, -0.05) is 44.2 Å². The Hall–Kier alpha value is -0.820. The third-order valence-electron chi connectivity index (χ3n) is 3.05. The van der Waals surface area contributed by atoms with E-state index < -0.39 is 0 Å². The molecule has 0 fully saturated rings. The number of benzene rings is 1. The number of rotatable bonds is 9. The highest BCUT2D eigenvalue weighted by Crippen LogP contribution is 2.04. The number of hydrogen-bond acceptors (Lipinski definition) is 1. The van der Waals surface area contributed by atoms with E-state index in [-0.39, 0.29) is 0 Å². The van der Waals surface area contributed by atoms with Crippen molar-refractivity contribution in [1.82, 2.24) is 5.32 Å². The van der Waals surface area contributed by atoms with Crippen molar-refractivity contribution >= 4 is 0 Å². The van der Waals surface area contributed by atoms with E-state index in [0.717, 1.165) is 5.92 Å². The van der Waals surface area contributed by atoms with E-state index in [1.807, 2.05) is 0 Å². The minimum Gasteiger partial charge on any atom is -0.317 e. The van der Waals surface area contributed by atoms with Crippen LogP contribution in [-0.4, -0.2) is 13.1 Å². The predicted molar refractivity (Wildman–Crippen MR) is 76.3 cm³/mol. The summed E-state index contributed by atoms with van der Waals surface area (Å²) in [6.07, 6.45) is 6.46. The van der Waals surface area contributed by atoms with E-state index in [2.05, 4.69) is 49.5 Å². The maximum absolute atomic E-state index is 3.53. The summed E-state index contributed by atoms with van der Waals surface area (Å²) in [5.41, 5.74) is 1.47. The van der Waals surface area contributed by atoms with E-state index in [4.69, 9.17) is 0 Å². The minimum atomic E-state index is 0.842. The normalized spacial score (nSPS) is 11.0. The number of aryl methyl sites for hydroxylation is 1. The highest BCUT2D eigenvalue weighted by Gasteiger charge is 1.94. The Morgan fingerprint density at radius 1 is 0.941 bits per heavy atom. The molecule has 0 bridgehead atoms. The highest BCUT2D eigenvalue weighted by atomic mass is 14.8. The Morgan fingerprint density at radius 2 is 1.65 bits per heavy atom. The zero-order valence-corrected chi connectivity index (χ0v) is 11.4. The van der Waals surface area contributed by atoms with Gasteiger partial charge < -0.3 is 5.32 Å². The smallest absolute Gasteiger partial charge is 0.00488 e. The molecule has 1 rings (SSSR count). The van der Waals surface area contributed by atoms with Crippen LogP contribution >= 0.6 is 0 Å². The summed E-state index contributed by atoms with van der Waals surface area (Å²) in [6, 6.07) is 10.8. The van der Waals surface area contributed by atoms with Crippen molar-refractivity contribution < 1.29 is 0 Å². The van der Waals surface area contributed by atoms with Crippen molar-refractivity contribution in [3.8, 4) is 0 Å². The first kappa shape index (κ1) is 14.2. The molecule has 0 unspecified atom stereocenters. The van der Waals surface area contributed by atoms with Gasteiger partial charge in [0.1, 0.15) is 0 Å². The summed E-state index contributed by atoms with van der Waals surface area (Å²) >= 11 is 0. The second-order valence-corrected chi connectivity index (χ2v) is 5.23. The van der Waals surface area contributed by atoms with Crippen LogP contribution in [-0.2, 0) is 6.42 Å². The SMILES string of the molecule is CC(C)CCCNCCCCc1ccccc1. The summed E-state index contributed by atoms with van der Waals surface area (Å²) in [5, 5.41) is 3.53. The standard InChI is InChI=1S/C16H27N/c1-15(2)9-8-14-17-13-7-6-12-16-10-4-3-5-11-16/h3-5,10-11,15,17H,6-9,12-14H2,1-2H3. The molecule has 0 atom stereocenters. The number of nitrogens with one attached hydrogen (secondary N) is 1. The largest absolute Gasteiger partial charge is 0.317 e. The number of unbranched alkanes of at least 4 members (excludes halogenated alkanes) is 1. The van der Waals surface area contributed by atoms with E-state index in [1.165, 1.54) is 50.8 Å². The van der Waals surface area contributed by atoms with Crippen LogP contribution in [0.3, 0.4) is 0 Å². The van der Waals surface area contributed by atoms with Crippen LogP contribution in [0.1, 0.15) is 45.1 Å². The monoisotopic (exact) mass is 233 g/mol. The van der Waals surface area contributed by atoms with Crippen molar-refractivity contribution in [2.24, 2.45) is 5.92 Å². The van der Waals surface area contributed by atoms with Gasteiger partial charge in [-0.05, 0) is 56.7 Å². The maximum Gasteiger partial charge on any atom is -0.00488 e. The molecule has 1 aromatic rings. The molecule has 0 aliphatic heterocycles. The molecule has 96 valence electrons. The lowest BCUT2D eigenvalue weighted by Crippen LogP contribution is -2.17. The summed E-state index contributed by atoms with van der Waals surface area (Å²) in [4.78, 5) is 0. The summed E-state index contributed by atoms with van der Waals surface area (Å²) in [6.45, 7) is 6.94. The number of hydrogen-bond donors (Lipinski definition) is 1. The zero-order valence-electron chi connectivity index (χ0n) is 11.4.